The van der Waals surface area contributed by atoms with Crippen LogP contribution in [0, 0.1) is 12.8 Å². The van der Waals surface area contributed by atoms with E-state index in [1.54, 1.807) is 0 Å². The molecule has 0 bridgehead atoms. The zero-order valence-electron chi connectivity index (χ0n) is 9.90. The molecule has 1 aliphatic heterocycles. The number of benzene rings is 1. The summed E-state index contributed by atoms with van der Waals surface area (Å²) in [7, 11) is 0. The maximum Gasteiger partial charge on any atom is 0.253 e. The minimum atomic E-state index is 0.0625. The Morgan fingerprint density at radius 2 is 1.88 bits per heavy atom. The number of carbonyl (C=O) groups excluding carboxylic acids is 1. The zero-order chi connectivity index (χ0) is 11.7. The second kappa shape index (κ2) is 4.08. The van der Waals surface area contributed by atoms with Gasteiger partial charge in [-0.25, -0.2) is 5.01 Å². The van der Waals surface area contributed by atoms with E-state index in [1.807, 2.05) is 31.2 Å². The topological polar surface area (TPSA) is 32.7 Å². The van der Waals surface area contributed by atoms with Gasteiger partial charge in [0.05, 0.1) is 17.8 Å². The molecule has 0 atom stereocenters. The van der Waals surface area contributed by atoms with Gasteiger partial charge in [0.25, 0.3) is 5.91 Å². The van der Waals surface area contributed by atoms with Crippen molar-refractivity contribution in [3.05, 3.63) is 29.8 Å². The van der Waals surface area contributed by atoms with Crippen LogP contribution in [-0.4, -0.2) is 11.6 Å². The van der Waals surface area contributed by atoms with Gasteiger partial charge in [-0.2, -0.15) is 5.10 Å². The zero-order valence-corrected chi connectivity index (χ0v) is 9.90. The minimum Gasteiger partial charge on any atom is -0.272 e. The molecular weight excluding hydrogens is 200 g/mol. The van der Waals surface area contributed by atoms with Crippen LogP contribution >= 0.6 is 0 Å². The first-order chi connectivity index (χ1) is 7.58. The molecule has 0 N–H and O–H groups in total. The minimum absolute atomic E-state index is 0.0625. The summed E-state index contributed by atoms with van der Waals surface area (Å²) in [6, 6.07) is 7.84. The van der Waals surface area contributed by atoms with E-state index in [2.05, 4.69) is 18.9 Å². The van der Waals surface area contributed by atoms with Gasteiger partial charge in [0, 0.05) is 0 Å². The van der Waals surface area contributed by atoms with Crippen LogP contribution in [0.15, 0.2) is 29.4 Å². The summed E-state index contributed by atoms with van der Waals surface area (Å²) in [5, 5.41) is 5.88. The van der Waals surface area contributed by atoms with Crippen LogP contribution in [0.25, 0.3) is 0 Å². The highest BCUT2D eigenvalue weighted by Gasteiger charge is 2.26. The van der Waals surface area contributed by atoms with Crippen molar-refractivity contribution in [2.45, 2.75) is 27.2 Å². The largest absolute Gasteiger partial charge is 0.272 e. The normalized spacial score (nSPS) is 15.9. The van der Waals surface area contributed by atoms with Gasteiger partial charge < -0.3 is 0 Å². The Hall–Kier alpha value is -1.64. The van der Waals surface area contributed by atoms with Crippen molar-refractivity contribution in [2.24, 2.45) is 11.0 Å². The fourth-order valence-electron chi connectivity index (χ4n) is 1.66. The molecule has 0 saturated heterocycles. The highest BCUT2D eigenvalue weighted by atomic mass is 16.2. The Kier molecular flexibility index (Phi) is 2.77. The lowest BCUT2D eigenvalue weighted by Crippen LogP contribution is -2.19. The molecule has 0 saturated carbocycles. The van der Waals surface area contributed by atoms with E-state index in [0.29, 0.717) is 12.3 Å². The fraction of sp³-hybridized carbons (Fsp3) is 0.385. The first-order valence-corrected chi connectivity index (χ1v) is 5.55. The molecule has 3 heteroatoms. The molecule has 1 aromatic carbocycles. The third-order valence-corrected chi connectivity index (χ3v) is 2.74. The number of carbonyl (C=O) groups is 1. The first kappa shape index (κ1) is 10.9. The number of rotatable bonds is 2. The molecule has 1 aliphatic rings. The molecule has 16 heavy (non-hydrogen) atoms. The Bertz CT molecular complexity index is 432. The van der Waals surface area contributed by atoms with E-state index in [0.717, 1.165) is 11.4 Å². The number of amides is 1. The molecule has 0 aromatic heterocycles. The van der Waals surface area contributed by atoms with E-state index >= 15 is 0 Å². The summed E-state index contributed by atoms with van der Waals surface area (Å²) in [5.41, 5.74) is 3.00. The predicted octanol–water partition coefficient (Wildman–Crippen LogP) is 2.74. The predicted molar refractivity (Wildman–Crippen MR) is 65.6 cm³/mol. The van der Waals surface area contributed by atoms with Gasteiger partial charge in [-0.15, -0.1) is 0 Å². The molecule has 0 spiro atoms. The Balaban J connectivity index is 2.28. The number of hydrazone groups is 1. The maximum absolute atomic E-state index is 11.8. The number of aryl methyl sites for hydroxylation is 1. The average molecular weight is 216 g/mol. The van der Waals surface area contributed by atoms with E-state index in [4.69, 9.17) is 0 Å². The van der Waals surface area contributed by atoms with Crippen molar-refractivity contribution in [1.29, 1.82) is 0 Å². The first-order valence-electron chi connectivity index (χ1n) is 5.55. The molecular formula is C13H16N2O. The van der Waals surface area contributed by atoms with Gasteiger partial charge in [0.1, 0.15) is 0 Å². The second-order valence-electron chi connectivity index (χ2n) is 4.46. The summed E-state index contributed by atoms with van der Waals surface area (Å²) in [4.78, 5) is 11.8. The molecule has 1 heterocycles. The van der Waals surface area contributed by atoms with Gasteiger partial charge in [-0.05, 0) is 25.0 Å². The van der Waals surface area contributed by atoms with Crippen LogP contribution in [0.2, 0.25) is 0 Å². The third kappa shape index (κ3) is 1.98. The highest BCUT2D eigenvalue weighted by molar-refractivity contribution is 6.13. The summed E-state index contributed by atoms with van der Waals surface area (Å²) in [6.07, 6.45) is 0.450. The van der Waals surface area contributed by atoms with E-state index in [9.17, 15) is 4.79 Å². The average Bonchev–Trinajstić information content (AvgIpc) is 2.62. The lowest BCUT2D eigenvalue weighted by molar-refractivity contribution is -0.116. The Morgan fingerprint density at radius 1 is 1.25 bits per heavy atom. The van der Waals surface area contributed by atoms with Crippen LogP contribution < -0.4 is 5.01 Å². The lowest BCUT2D eigenvalue weighted by atomic mass is 10.1. The number of hydrogen-bond acceptors (Lipinski definition) is 2. The molecule has 0 unspecified atom stereocenters. The van der Waals surface area contributed by atoms with Crippen LogP contribution in [-0.2, 0) is 4.79 Å². The van der Waals surface area contributed by atoms with Gasteiger partial charge in [0.2, 0.25) is 0 Å². The van der Waals surface area contributed by atoms with Crippen molar-refractivity contribution in [3.63, 3.8) is 0 Å². The highest BCUT2D eigenvalue weighted by Crippen LogP contribution is 2.22. The van der Waals surface area contributed by atoms with Gasteiger partial charge in [-0.3, -0.25) is 4.79 Å². The maximum atomic E-state index is 11.8. The van der Waals surface area contributed by atoms with Crippen LogP contribution in [0.5, 0.6) is 0 Å². The van der Waals surface area contributed by atoms with Crippen molar-refractivity contribution in [3.8, 4) is 0 Å². The number of anilines is 1. The molecule has 1 aromatic rings. The van der Waals surface area contributed by atoms with Crippen molar-refractivity contribution in [2.75, 3.05) is 5.01 Å². The van der Waals surface area contributed by atoms with Gasteiger partial charge >= 0.3 is 0 Å². The number of hydrogen-bond donors (Lipinski definition) is 0. The SMILES string of the molecule is Cc1ccc(N2N=C(C(C)C)CC2=O)cc1. The Labute approximate surface area is 95.8 Å². The quantitative estimate of drug-likeness (QED) is 0.748. The standard InChI is InChI=1S/C13H16N2O/c1-9(2)12-8-13(16)15(14-12)11-6-4-10(3)5-7-11/h4-7,9H,8H2,1-3H3. The second-order valence-corrected chi connectivity index (χ2v) is 4.46. The molecule has 0 radical (unpaired) electrons. The molecule has 1 amide bonds. The fourth-order valence-corrected chi connectivity index (χ4v) is 1.66. The smallest absolute Gasteiger partial charge is 0.253 e. The van der Waals surface area contributed by atoms with Gasteiger partial charge in [-0.1, -0.05) is 31.5 Å². The van der Waals surface area contributed by atoms with Gasteiger partial charge in [0.15, 0.2) is 0 Å². The number of nitrogens with zero attached hydrogens (tertiary/aromatic N) is 2. The molecule has 0 fully saturated rings. The summed E-state index contributed by atoms with van der Waals surface area (Å²) >= 11 is 0. The van der Waals surface area contributed by atoms with Crippen LogP contribution in [0.4, 0.5) is 5.69 Å². The van der Waals surface area contributed by atoms with E-state index in [1.165, 1.54) is 10.6 Å². The summed E-state index contributed by atoms with van der Waals surface area (Å²) in [6.45, 7) is 6.15. The monoisotopic (exact) mass is 216 g/mol. The van der Waals surface area contributed by atoms with Crippen molar-refractivity contribution < 1.29 is 4.79 Å². The molecule has 3 nitrogen and oxygen atoms in total. The van der Waals surface area contributed by atoms with Crippen molar-refractivity contribution in [1.82, 2.24) is 0 Å². The summed E-state index contributed by atoms with van der Waals surface area (Å²) < 4.78 is 0. The molecule has 0 aliphatic carbocycles. The lowest BCUT2D eigenvalue weighted by Gasteiger charge is -2.11. The van der Waals surface area contributed by atoms with Crippen LogP contribution in [0.3, 0.4) is 0 Å². The summed E-state index contributed by atoms with van der Waals surface area (Å²) in [5.74, 6) is 0.395. The van der Waals surface area contributed by atoms with E-state index in [-0.39, 0.29) is 5.91 Å². The van der Waals surface area contributed by atoms with Crippen LogP contribution in [0.1, 0.15) is 25.8 Å². The molecule has 84 valence electrons. The van der Waals surface area contributed by atoms with Crippen molar-refractivity contribution >= 4 is 17.3 Å². The third-order valence-electron chi connectivity index (χ3n) is 2.74. The molecule has 2 rings (SSSR count). The van der Waals surface area contributed by atoms with E-state index < -0.39 is 0 Å². The Morgan fingerprint density at radius 3 is 2.38 bits per heavy atom.